The highest BCUT2D eigenvalue weighted by atomic mass is 16.3. The first-order valence-corrected chi connectivity index (χ1v) is 19.0. The monoisotopic (exact) mass is 830 g/mol. The quantitative estimate of drug-likeness (QED) is 0.157. The second kappa shape index (κ2) is 14.1. The lowest BCUT2D eigenvalue weighted by Crippen LogP contribution is -1.91. The summed E-state index contributed by atoms with van der Waals surface area (Å²) in [5.41, 5.74) is -6.22. The Bertz CT molecular complexity index is 5590. The smallest absolute Gasteiger partial charge is 0.143 e. The van der Waals surface area contributed by atoms with Gasteiger partial charge in [0.1, 0.15) is 11.5 Å². The molecule has 63 heavy (non-hydrogen) atoms. The molecule has 0 N–H and O–H groups in total. The van der Waals surface area contributed by atoms with Gasteiger partial charge in [0.15, 0.2) is 0 Å². The van der Waals surface area contributed by atoms with Gasteiger partial charge in [-0.15, -0.1) is 0 Å². The van der Waals surface area contributed by atoms with Gasteiger partial charge in [-0.25, -0.2) is 4.98 Å². The summed E-state index contributed by atoms with van der Waals surface area (Å²) < 4.78 is 281. The van der Waals surface area contributed by atoms with Crippen molar-refractivity contribution in [3.8, 4) is 67.3 Å². The van der Waals surface area contributed by atoms with Gasteiger partial charge in [-0.1, -0.05) is 194 Å². The molecule has 13 aromatic rings. The van der Waals surface area contributed by atoms with E-state index in [9.17, 15) is 19.2 Å². The van der Waals surface area contributed by atoms with E-state index < -0.39 is 259 Å². The van der Waals surface area contributed by atoms with E-state index in [0.717, 1.165) is 0 Å². The molecular weight excluding hydrogens is 765 g/mol. The van der Waals surface area contributed by atoms with Crippen molar-refractivity contribution in [3.63, 3.8) is 0 Å². The zero-order valence-electron chi connectivity index (χ0n) is 61.8. The Morgan fingerprint density at radius 2 is 0.937 bits per heavy atom. The summed E-state index contributed by atoms with van der Waals surface area (Å²) in [5.74, 6) is -1.93. The molecule has 0 atom stereocenters. The van der Waals surface area contributed by atoms with E-state index in [0.29, 0.717) is 0 Å². The van der Waals surface area contributed by atoms with Gasteiger partial charge in [-0.2, -0.15) is 0 Å². The van der Waals surface area contributed by atoms with E-state index in [2.05, 4.69) is 9.97 Å². The summed E-state index contributed by atoms with van der Waals surface area (Å²) in [6.07, 6.45) is -0.657. The van der Waals surface area contributed by atoms with Crippen molar-refractivity contribution in [3.05, 3.63) is 218 Å². The highest BCUT2D eigenvalue weighted by Crippen LogP contribution is 2.51. The predicted molar refractivity (Wildman–Crippen MR) is 263 cm³/mol. The molecule has 0 aliphatic carbocycles. The van der Waals surface area contributed by atoms with E-state index in [1.807, 2.05) is 0 Å². The van der Waals surface area contributed by atoms with Crippen LogP contribution in [0.3, 0.4) is 0 Å². The molecular formula is C60H36N2O. The summed E-state index contributed by atoms with van der Waals surface area (Å²) in [4.78, 5) is 8.81. The van der Waals surface area contributed by atoms with Gasteiger partial charge in [0, 0.05) is 44.8 Å². The Hall–Kier alpha value is -8.40. The van der Waals surface area contributed by atoms with Crippen molar-refractivity contribution in [1.82, 2.24) is 9.97 Å². The summed E-state index contributed by atoms with van der Waals surface area (Å²) >= 11 is 0. The van der Waals surface area contributed by atoms with Crippen molar-refractivity contribution in [2.24, 2.45) is 0 Å². The molecule has 3 nitrogen and oxygen atoms in total. The fraction of sp³-hybridized carbons (Fsp3) is 0. The first kappa shape index (κ1) is 16.8. The van der Waals surface area contributed by atoms with Crippen LogP contribution in [0.15, 0.2) is 222 Å². The molecule has 0 amide bonds. The average molecular weight is 831 g/mol. The van der Waals surface area contributed by atoms with Crippen molar-refractivity contribution in [2.75, 3.05) is 0 Å². The van der Waals surface area contributed by atoms with Crippen molar-refractivity contribution >= 4 is 64.9 Å². The van der Waals surface area contributed by atoms with Crippen LogP contribution in [-0.2, 0) is 0 Å². The lowest BCUT2D eigenvalue weighted by molar-refractivity contribution is 0.599. The average Bonchev–Trinajstić information content (AvgIpc) is 1.54. The number of benzene rings is 10. The first-order valence-electron chi connectivity index (χ1n) is 34.0. The van der Waals surface area contributed by atoms with Crippen molar-refractivity contribution in [2.45, 2.75) is 0 Å². The molecule has 10 aromatic carbocycles. The van der Waals surface area contributed by atoms with Crippen molar-refractivity contribution in [1.29, 1.82) is 0 Å². The lowest BCUT2D eigenvalue weighted by Gasteiger charge is -2.14. The Labute approximate surface area is 405 Å². The summed E-state index contributed by atoms with van der Waals surface area (Å²) in [6.45, 7) is 0. The normalized spacial score (nSPS) is 18.5. The Balaban J connectivity index is 1.17. The van der Waals surface area contributed by atoms with Crippen LogP contribution in [0.1, 0.15) is 41.1 Å². The van der Waals surface area contributed by atoms with Crippen LogP contribution in [0.5, 0.6) is 0 Å². The molecule has 0 aliphatic heterocycles. The molecule has 0 aliphatic rings. The maximum Gasteiger partial charge on any atom is 0.143 e. The first-order chi connectivity index (χ1) is 43.7. The third-order valence-corrected chi connectivity index (χ3v) is 10.7. The molecule has 0 fully saturated rings. The van der Waals surface area contributed by atoms with Crippen LogP contribution in [0.25, 0.3) is 132 Å². The van der Waals surface area contributed by atoms with Gasteiger partial charge in [-0.3, -0.25) is 4.98 Å². The largest absolute Gasteiger partial charge is 0.455 e. The maximum absolute atomic E-state index is 9.94. The topological polar surface area (TPSA) is 38.9 Å². The number of fused-ring (bicyclic) bond motifs is 4. The Morgan fingerprint density at radius 3 is 1.68 bits per heavy atom. The molecule has 292 valence electrons. The maximum atomic E-state index is 9.94. The molecule has 0 saturated carbocycles. The Kier molecular flexibility index (Phi) is 3.76. The molecule has 0 unspecified atom stereocenters. The van der Waals surface area contributed by atoms with Gasteiger partial charge in [0.05, 0.1) is 57.9 Å². The third-order valence-electron chi connectivity index (χ3n) is 10.7. The van der Waals surface area contributed by atoms with Crippen LogP contribution < -0.4 is 0 Å². The zero-order chi connectivity index (χ0) is 67.5. The predicted octanol–water partition coefficient (Wildman–Crippen LogP) is 16.4. The molecule has 0 bridgehead atoms. The molecule has 13 rings (SSSR count). The fourth-order valence-electron chi connectivity index (χ4n) is 7.97. The van der Waals surface area contributed by atoms with E-state index >= 15 is 0 Å². The summed E-state index contributed by atoms with van der Waals surface area (Å²) in [6, 6.07) is -16.2. The van der Waals surface area contributed by atoms with Crippen LogP contribution >= 0.6 is 0 Å². The van der Waals surface area contributed by atoms with Gasteiger partial charge in [0.2, 0.25) is 0 Å². The van der Waals surface area contributed by atoms with Gasteiger partial charge in [-0.05, 0) is 83.5 Å². The number of furan rings is 1. The zero-order valence-corrected chi connectivity index (χ0v) is 31.8. The molecule has 3 heteroatoms. The third kappa shape index (κ3) is 5.60. The number of nitrogens with zero attached hydrogens (tertiary/aromatic N) is 2. The van der Waals surface area contributed by atoms with E-state index in [-0.39, 0.29) is 54.8 Å². The highest BCUT2D eigenvalue weighted by molar-refractivity contribution is 6.26. The minimum Gasteiger partial charge on any atom is -0.455 e. The standard InChI is InChI=1S/C60H36N2O/c1-3-11-38(12-4-1)55-56(39-13-5-2-6-14-39)60(51-32-29-42-23-22-40-15-9-16-41-28-31-50(51)54(42)53(40)41)63-59(55)45-26-20-37(21-27-45)46-33-34-49(48-19-8-7-18-47(46)48)52-35-30-44-25-24-43-17-10-36-61-57(43)58(44)62-52/h1-36H/i1D,2D,3D,4D,5D,6D,9D,10D,11D,12D,13D,14D,15D,16D,17D,20D,21D,22D,23D,24D,25D,26D,27D,28D,29D,30D,31D,32D,35D,36D. The molecule has 3 aromatic heterocycles. The minimum atomic E-state index is -1.07. The number of pyridine rings is 2. The highest BCUT2D eigenvalue weighted by Gasteiger charge is 2.27. The van der Waals surface area contributed by atoms with E-state index in [1.54, 1.807) is 18.2 Å². The van der Waals surface area contributed by atoms with Crippen LogP contribution in [0.2, 0.25) is 0 Å². The number of hydrogen-bond donors (Lipinski definition) is 0. The second-order valence-corrected chi connectivity index (χ2v) is 14.1. The number of aromatic nitrogens is 2. The Morgan fingerprint density at radius 1 is 0.365 bits per heavy atom. The molecule has 0 saturated heterocycles. The fourth-order valence-corrected chi connectivity index (χ4v) is 7.97. The number of hydrogen-bond acceptors (Lipinski definition) is 3. The van der Waals surface area contributed by atoms with Crippen LogP contribution in [-0.4, -0.2) is 9.97 Å². The second-order valence-electron chi connectivity index (χ2n) is 14.1. The molecule has 0 spiro atoms. The van der Waals surface area contributed by atoms with E-state index in [4.69, 9.17) is 26.3 Å². The summed E-state index contributed by atoms with van der Waals surface area (Å²) in [7, 11) is 0. The summed E-state index contributed by atoms with van der Waals surface area (Å²) in [5, 5.41) is -3.08. The number of rotatable bonds is 6. The van der Waals surface area contributed by atoms with Crippen LogP contribution in [0, 0.1) is 0 Å². The molecule has 0 radical (unpaired) electrons. The van der Waals surface area contributed by atoms with Crippen LogP contribution in [0.4, 0.5) is 0 Å². The van der Waals surface area contributed by atoms with Gasteiger partial charge < -0.3 is 4.42 Å². The lowest BCUT2D eigenvalue weighted by atomic mass is 9.88. The SMILES string of the molecule is [2H]c1nc2c(c([2H])c1[2H])c([2H])c([2H])c1c([2H])c([2H])c(-c3ccc(-c4c([2H])c([2H])c(-c5oc(-c6c([2H])c([2H])c7c([2H])c([2H])c8c([2H])c([2H])c([2H])c9c([2H])c([2H])c6c7c89)c(-c6c([2H])c([2H])c([2H])c([2H])c6[2H])c5-c5c([2H])c([2H])c([2H])c([2H])c5[2H])c([2H])c4[2H])c4ccccc34)nc12. The van der Waals surface area contributed by atoms with Gasteiger partial charge in [0.25, 0.3) is 0 Å². The van der Waals surface area contributed by atoms with E-state index in [1.165, 1.54) is 18.2 Å². The minimum absolute atomic E-state index is 0.0133. The van der Waals surface area contributed by atoms with Crippen molar-refractivity contribution < 1.29 is 45.5 Å². The molecule has 3 heterocycles. The van der Waals surface area contributed by atoms with Gasteiger partial charge >= 0.3 is 0 Å².